The zero-order valence-corrected chi connectivity index (χ0v) is 13.4. The van der Waals surface area contributed by atoms with Gasteiger partial charge in [0.25, 0.3) is 0 Å². The van der Waals surface area contributed by atoms with Crippen LogP contribution in [0.25, 0.3) is 0 Å². The second-order valence-corrected chi connectivity index (χ2v) is 8.35. The van der Waals surface area contributed by atoms with Crippen LogP contribution < -0.4 is 5.32 Å². The number of hydrogen-bond donors (Lipinski definition) is 1. The molecule has 0 saturated heterocycles. The van der Waals surface area contributed by atoms with Crippen LogP contribution >= 0.6 is 23.1 Å². The molecule has 1 aliphatic rings. The highest BCUT2D eigenvalue weighted by Gasteiger charge is 2.25. The Morgan fingerprint density at radius 3 is 3.00 bits per heavy atom. The van der Waals surface area contributed by atoms with Gasteiger partial charge in [-0.1, -0.05) is 33.6 Å². The van der Waals surface area contributed by atoms with Crippen LogP contribution in [0.1, 0.15) is 58.1 Å². The van der Waals surface area contributed by atoms with Crippen molar-refractivity contribution in [3.05, 3.63) is 17.0 Å². The molecule has 0 radical (unpaired) electrons. The smallest absolute Gasteiger partial charge is 0.0649 e. The van der Waals surface area contributed by atoms with Gasteiger partial charge in [0, 0.05) is 11.3 Å². The van der Waals surface area contributed by atoms with E-state index in [2.05, 4.69) is 37.5 Å². The first-order chi connectivity index (χ1) is 8.66. The maximum absolute atomic E-state index is 3.76. The van der Waals surface area contributed by atoms with Crippen LogP contribution in [0.5, 0.6) is 0 Å². The first-order valence-electron chi connectivity index (χ1n) is 7.14. The number of thiophene rings is 1. The third-order valence-corrected chi connectivity index (χ3v) is 5.85. The molecule has 1 nitrogen and oxygen atoms in total. The normalized spacial score (nSPS) is 23.3. The highest BCUT2D eigenvalue weighted by atomic mass is 32.2. The van der Waals surface area contributed by atoms with Gasteiger partial charge >= 0.3 is 0 Å². The zero-order valence-electron chi connectivity index (χ0n) is 11.7. The molecule has 1 aliphatic heterocycles. The first kappa shape index (κ1) is 14.4. The summed E-state index contributed by atoms with van der Waals surface area (Å²) in [5, 5.41) is 6.75. The van der Waals surface area contributed by atoms with E-state index in [0.29, 0.717) is 6.04 Å². The summed E-state index contributed by atoms with van der Waals surface area (Å²) in [6.45, 7) is 8.14. The van der Waals surface area contributed by atoms with Gasteiger partial charge in [0.2, 0.25) is 0 Å². The summed E-state index contributed by atoms with van der Waals surface area (Å²) in [5.41, 5.74) is 1.55. The minimum atomic E-state index is 0.599. The molecule has 2 atom stereocenters. The van der Waals surface area contributed by atoms with Crippen molar-refractivity contribution in [3.63, 3.8) is 0 Å². The molecule has 0 saturated carbocycles. The summed E-state index contributed by atoms with van der Waals surface area (Å²) in [6.07, 6.45) is 5.31. The molecule has 0 spiro atoms. The fraction of sp³-hybridized carbons (Fsp3) is 0.733. The number of nitrogens with one attached hydrogen (secondary N) is 1. The van der Waals surface area contributed by atoms with Crippen molar-refractivity contribution < 1.29 is 0 Å². The van der Waals surface area contributed by atoms with Gasteiger partial charge in [-0.3, -0.25) is 0 Å². The molecule has 0 amide bonds. The predicted octanol–water partition coefficient (Wildman–Crippen LogP) is 5.09. The molecular weight excluding hydrogens is 258 g/mol. The van der Waals surface area contributed by atoms with Crippen molar-refractivity contribution in [1.29, 1.82) is 0 Å². The van der Waals surface area contributed by atoms with Gasteiger partial charge in [0.05, 0.1) is 4.21 Å². The number of unbranched alkanes of at least 4 members (excludes halogenated alkanes) is 1. The minimum absolute atomic E-state index is 0.599. The van der Waals surface area contributed by atoms with Gasteiger partial charge in [-0.05, 0) is 42.3 Å². The predicted molar refractivity (Wildman–Crippen MR) is 83.7 cm³/mol. The highest BCUT2D eigenvalue weighted by molar-refractivity contribution is 8.01. The van der Waals surface area contributed by atoms with Crippen molar-refractivity contribution in [3.8, 4) is 0 Å². The van der Waals surface area contributed by atoms with Crippen LogP contribution in [0.4, 0.5) is 0 Å². The summed E-state index contributed by atoms with van der Waals surface area (Å²) < 4.78 is 1.54. The van der Waals surface area contributed by atoms with Gasteiger partial charge in [-0.25, -0.2) is 0 Å². The van der Waals surface area contributed by atoms with E-state index in [9.17, 15) is 0 Å². The van der Waals surface area contributed by atoms with Crippen molar-refractivity contribution in [2.75, 3.05) is 6.54 Å². The van der Waals surface area contributed by atoms with Crippen LogP contribution in [-0.2, 0) is 0 Å². The second kappa shape index (κ2) is 6.97. The number of fused-ring (bicyclic) bond motifs is 1. The number of hydrogen-bond acceptors (Lipinski definition) is 3. The van der Waals surface area contributed by atoms with Gasteiger partial charge in [-0.2, -0.15) is 0 Å². The Morgan fingerprint density at radius 2 is 2.22 bits per heavy atom. The lowest BCUT2D eigenvalue weighted by molar-refractivity contribution is 0.460. The Hall–Kier alpha value is 0.0100. The zero-order chi connectivity index (χ0) is 13.0. The summed E-state index contributed by atoms with van der Waals surface area (Å²) >= 11 is 3.95. The maximum Gasteiger partial charge on any atom is 0.0649 e. The topological polar surface area (TPSA) is 12.0 Å². The standard InChI is InChI=1S/C15H25NS2/c1-11(2)6-4-5-8-16-14-10-12(3)18-15-13(14)7-9-17-15/h7,9,11-12,14,16H,4-6,8,10H2,1-3H3/t12-,14?/m0/s1. The minimum Gasteiger partial charge on any atom is -0.310 e. The lowest BCUT2D eigenvalue weighted by atomic mass is 10.0. The largest absolute Gasteiger partial charge is 0.310 e. The Kier molecular flexibility index (Phi) is 5.58. The SMILES string of the molecule is CC(C)CCCCNC1C[C@H](C)Sc2sccc21. The molecule has 0 aromatic carbocycles. The van der Waals surface area contributed by atoms with E-state index in [4.69, 9.17) is 0 Å². The molecule has 2 heterocycles. The van der Waals surface area contributed by atoms with Crippen LogP contribution in [0.3, 0.4) is 0 Å². The maximum atomic E-state index is 3.76. The summed E-state index contributed by atoms with van der Waals surface area (Å²) in [7, 11) is 0. The van der Waals surface area contributed by atoms with E-state index < -0.39 is 0 Å². The fourth-order valence-electron chi connectivity index (χ4n) is 2.50. The van der Waals surface area contributed by atoms with Crippen LogP contribution in [0.15, 0.2) is 15.7 Å². The van der Waals surface area contributed by atoms with Crippen LogP contribution in [0.2, 0.25) is 0 Å². The molecule has 2 rings (SSSR count). The van der Waals surface area contributed by atoms with Gasteiger partial charge in [0.15, 0.2) is 0 Å². The van der Waals surface area contributed by atoms with Crippen molar-refractivity contribution in [1.82, 2.24) is 5.32 Å². The number of rotatable bonds is 6. The van der Waals surface area contributed by atoms with Gasteiger partial charge in [0.1, 0.15) is 0 Å². The van der Waals surface area contributed by atoms with Crippen LogP contribution in [-0.4, -0.2) is 11.8 Å². The van der Waals surface area contributed by atoms with Gasteiger partial charge in [-0.15, -0.1) is 23.1 Å². The average molecular weight is 284 g/mol. The first-order valence-corrected chi connectivity index (χ1v) is 8.90. The molecule has 3 heteroatoms. The highest BCUT2D eigenvalue weighted by Crippen LogP contribution is 2.43. The van der Waals surface area contributed by atoms with Crippen molar-refractivity contribution in [2.45, 2.75) is 62.0 Å². The fourth-order valence-corrected chi connectivity index (χ4v) is 5.06. The molecule has 18 heavy (non-hydrogen) atoms. The summed E-state index contributed by atoms with van der Waals surface area (Å²) in [6, 6.07) is 2.91. The van der Waals surface area contributed by atoms with Crippen molar-refractivity contribution in [2.24, 2.45) is 5.92 Å². The van der Waals surface area contributed by atoms with Crippen molar-refractivity contribution >= 4 is 23.1 Å². The molecule has 0 bridgehead atoms. The Morgan fingerprint density at radius 1 is 1.39 bits per heavy atom. The van der Waals surface area contributed by atoms with E-state index in [1.54, 1.807) is 5.56 Å². The van der Waals surface area contributed by atoms with E-state index in [0.717, 1.165) is 11.2 Å². The Labute approximate surface area is 120 Å². The number of thioether (sulfide) groups is 1. The molecule has 1 unspecified atom stereocenters. The summed E-state index contributed by atoms with van der Waals surface area (Å²) in [5.74, 6) is 0.847. The van der Waals surface area contributed by atoms with E-state index in [-0.39, 0.29) is 0 Å². The molecule has 0 fully saturated rings. The van der Waals surface area contributed by atoms with E-state index in [1.807, 2.05) is 23.1 Å². The Bertz CT molecular complexity index is 359. The van der Waals surface area contributed by atoms with Crippen LogP contribution in [0, 0.1) is 5.92 Å². The second-order valence-electron chi connectivity index (χ2n) is 5.72. The van der Waals surface area contributed by atoms with Gasteiger partial charge < -0.3 is 5.32 Å². The molecule has 1 N–H and O–H groups in total. The molecule has 0 aliphatic carbocycles. The molecule has 1 aromatic rings. The lowest BCUT2D eigenvalue weighted by Crippen LogP contribution is -2.27. The Balaban J connectivity index is 1.77. The average Bonchev–Trinajstić information content (AvgIpc) is 2.75. The third kappa shape index (κ3) is 4.01. The summed E-state index contributed by atoms with van der Waals surface area (Å²) in [4.78, 5) is 0. The lowest BCUT2D eigenvalue weighted by Gasteiger charge is -2.27. The van der Waals surface area contributed by atoms with E-state index in [1.165, 1.54) is 36.4 Å². The third-order valence-electron chi connectivity index (χ3n) is 3.51. The molecule has 1 aromatic heterocycles. The quantitative estimate of drug-likeness (QED) is 0.730. The molecule has 102 valence electrons. The van der Waals surface area contributed by atoms with E-state index >= 15 is 0 Å². The molecular formula is C15H25NS2. The monoisotopic (exact) mass is 283 g/mol.